The van der Waals surface area contributed by atoms with E-state index in [1.54, 1.807) is 30.6 Å². The third-order valence-electron chi connectivity index (χ3n) is 6.05. The summed E-state index contributed by atoms with van der Waals surface area (Å²) in [5, 5.41) is 16.2. The van der Waals surface area contributed by atoms with Crippen LogP contribution in [0.5, 0.6) is 0 Å². The van der Waals surface area contributed by atoms with Crippen LogP contribution in [0, 0.1) is 10.1 Å². The Morgan fingerprint density at radius 3 is 1.95 bits per heavy atom. The van der Waals surface area contributed by atoms with Gasteiger partial charge in [0.25, 0.3) is 5.69 Å². The molecule has 7 aromatic rings. The van der Waals surface area contributed by atoms with E-state index in [0.717, 1.165) is 26.0 Å². The van der Waals surface area contributed by atoms with Crippen molar-refractivity contribution in [1.82, 2.24) is 29.9 Å². The molecule has 44 heavy (non-hydrogen) atoms. The van der Waals surface area contributed by atoms with Crippen LogP contribution in [0.3, 0.4) is 0 Å². The molecule has 10 nitrogen and oxygen atoms in total. The highest BCUT2D eigenvalue weighted by Crippen LogP contribution is 2.34. The number of nitrogens with one attached hydrogen (secondary N) is 1. The second-order valence-corrected chi connectivity index (χ2v) is 12.7. The van der Waals surface area contributed by atoms with Crippen molar-refractivity contribution in [3.63, 3.8) is 0 Å². The van der Waals surface area contributed by atoms with Crippen LogP contribution in [0.1, 0.15) is 5.56 Å². The molecule has 0 aliphatic carbocycles. The lowest BCUT2D eigenvalue weighted by Gasteiger charge is -2.09. The number of halogens is 3. The molecule has 0 bridgehead atoms. The summed E-state index contributed by atoms with van der Waals surface area (Å²) in [5.41, 5.74) is 2.18. The lowest BCUT2D eigenvalue weighted by atomic mass is 10.2. The van der Waals surface area contributed by atoms with Crippen LogP contribution >= 0.6 is 57.5 Å². The number of fused-ring (bicyclic) bond motifs is 2. The first-order chi connectivity index (χ1) is 21.3. The van der Waals surface area contributed by atoms with Crippen LogP contribution in [0.4, 0.5) is 11.5 Å². The van der Waals surface area contributed by atoms with Crippen LogP contribution in [0.2, 0.25) is 13.8 Å². The van der Waals surface area contributed by atoms with Gasteiger partial charge in [-0.1, -0.05) is 59.1 Å². The third kappa shape index (κ3) is 6.74. The zero-order valence-electron chi connectivity index (χ0n) is 22.2. The Bertz CT molecular complexity index is 2110. The van der Waals surface area contributed by atoms with Crippen molar-refractivity contribution in [2.24, 2.45) is 0 Å². The van der Waals surface area contributed by atoms with Crippen LogP contribution < -0.4 is 5.32 Å². The van der Waals surface area contributed by atoms with Gasteiger partial charge in [0.2, 0.25) is 0 Å². The van der Waals surface area contributed by atoms with E-state index >= 15 is 0 Å². The minimum Gasteiger partial charge on any atom is -0.365 e. The van der Waals surface area contributed by atoms with Gasteiger partial charge in [-0.15, -0.1) is 22.7 Å². The maximum Gasteiger partial charge on any atom is 0.269 e. The molecular weight excluding hydrogens is 663 g/mol. The van der Waals surface area contributed by atoms with Gasteiger partial charge in [0, 0.05) is 31.1 Å². The molecule has 0 aliphatic rings. The molecule has 1 aromatic carbocycles. The van der Waals surface area contributed by atoms with E-state index in [-0.39, 0.29) is 5.69 Å². The van der Waals surface area contributed by atoms with Crippen LogP contribution in [0.15, 0.2) is 85.2 Å². The van der Waals surface area contributed by atoms with Gasteiger partial charge in [-0.05, 0) is 42.0 Å². The topological polar surface area (TPSA) is 133 Å². The summed E-state index contributed by atoms with van der Waals surface area (Å²) in [6, 6.07) is 21.1. The minimum absolute atomic E-state index is 0.0508. The highest BCUT2D eigenvalue weighted by atomic mass is 35.5. The molecule has 7 rings (SSSR count). The highest BCUT2D eigenvalue weighted by molar-refractivity contribution is 7.22. The second-order valence-electron chi connectivity index (χ2n) is 8.98. The van der Waals surface area contributed by atoms with Crippen molar-refractivity contribution in [1.29, 1.82) is 0 Å². The SMILES string of the molecule is Clc1cc2c(Cl)nc(-c3ccccn3)nc2s1.O=[N+]([O-])c1cccc(CNc2nc(-c3ccccn3)nc3sc(Cl)cc23)c1. The fourth-order valence-corrected chi connectivity index (χ4v) is 6.52. The monoisotopic (exact) mass is 678 g/mol. The summed E-state index contributed by atoms with van der Waals surface area (Å²) in [6.45, 7) is 0.378. The van der Waals surface area contributed by atoms with E-state index in [9.17, 15) is 10.1 Å². The average Bonchev–Trinajstić information content (AvgIpc) is 3.62. The number of rotatable bonds is 6. The molecule has 0 saturated heterocycles. The number of benzene rings is 1. The Hall–Kier alpha value is -4.33. The summed E-state index contributed by atoms with van der Waals surface area (Å²) in [6.07, 6.45) is 3.37. The number of nitrogens with zero attached hydrogens (tertiary/aromatic N) is 7. The fraction of sp³-hybridized carbons (Fsp3) is 0.0345. The molecule has 0 fully saturated rings. The molecule has 0 aliphatic heterocycles. The number of non-ortho nitro benzene ring substituents is 1. The van der Waals surface area contributed by atoms with Gasteiger partial charge in [-0.25, -0.2) is 19.9 Å². The molecule has 0 atom stereocenters. The number of hydrogen-bond donors (Lipinski definition) is 1. The molecule has 0 unspecified atom stereocenters. The van der Waals surface area contributed by atoms with E-state index in [1.807, 2.05) is 42.5 Å². The number of pyridine rings is 2. The van der Waals surface area contributed by atoms with Gasteiger partial charge in [0.05, 0.1) is 24.4 Å². The largest absolute Gasteiger partial charge is 0.365 e. The van der Waals surface area contributed by atoms with Crippen molar-refractivity contribution < 1.29 is 4.92 Å². The van der Waals surface area contributed by atoms with Crippen LogP contribution in [-0.2, 0) is 6.54 Å². The maximum absolute atomic E-state index is 11.0. The first-order valence-corrected chi connectivity index (χ1v) is 15.5. The van der Waals surface area contributed by atoms with Gasteiger partial charge < -0.3 is 5.32 Å². The summed E-state index contributed by atoms with van der Waals surface area (Å²) >= 11 is 20.9. The van der Waals surface area contributed by atoms with E-state index < -0.39 is 4.92 Å². The summed E-state index contributed by atoms with van der Waals surface area (Å²) in [7, 11) is 0. The summed E-state index contributed by atoms with van der Waals surface area (Å²) in [5.74, 6) is 1.61. The Kier molecular flexibility index (Phi) is 8.87. The normalized spacial score (nSPS) is 10.9. The third-order valence-corrected chi connectivity index (χ3v) is 8.65. The lowest BCUT2D eigenvalue weighted by Crippen LogP contribution is -2.04. The maximum atomic E-state index is 11.0. The molecule has 1 N–H and O–H groups in total. The molecule has 0 saturated carbocycles. The van der Waals surface area contributed by atoms with Crippen molar-refractivity contribution in [2.45, 2.75) is 6.54 Å². The fourth-order valence-electron chi connectivity index (χ4n) is 4.07. The molecule has 6 aromatic heterocycles. The predicted octanol–water partition coefficient (Wildman–Crippen LogP) is 8.99. The number of nitro groups is 1. The minimum atomic E-state index is -0.412. The molecular formula is C29H17Cl3N8O2S2. The van der Waals surface area contributed by atoms with Crippen molar-refractivity contribution in [2.75, 3.05) is 5.32 Å². The first-order valence-electron chi connectivity index (χ1n) is 12.7. The number of nitro benzene ring substituents is 1. The average molecular weight is 680 g/mol. The zero-order valence-corrected chi connectivity index (χ0v) is 26.1. The van der Waals surface area contributed by atoms with Crippen LogP contribution in [-0.4, -0.2) is 34.8 Å². The highest BCUT2D eigenvalue weighted by Gasteiger charge is 2.14. The number of hydrogen-bond acceptors (Lipinski definition) is 11. The van der Waals surface area contributed by atoms with Crippen molar-refractivity contribution in [3.05, 3.63) is 115 Å². The number of thiophene rings is 2. The predicted molar refractivity (Wildman–Crippen MR) is 177 cm³/mol. The van der Waals surface area contributed by atoms with E-state index in [4.69, 9.17) is 34.8 Å². The molecule has 0 radical (unpaired) electrons. The zero-order chi connectivity index (χ0) is 30.6. The Morgan fingerprint density at radius 2 is 1.34 bits per heavy atom. The van der Waals surface area contributed by atoms with E-state index in [0.29, 0.717) is 49.2 Å². The second kappa shape index (κ2) is 13.1. The Morgan fingerprint density at radius 1 is 0.727 bits per heavy atom. The standard InChI is InChI=1S/C18H12ClN5O2S.C11H5Cl2N3S/c19-15-9-13-16(21-10-11-4-3-5-12(8-11)24(25)26)22-17(23-18(13)27-15)14-6-1-2-7-20-14;12-8-5-6-9(13)15-10(16-11(6)17-8)7-3-1-2-4-14-7/h1-9H,10H2,(H,21,22,23);1-5H. The van der Waals surface area contributed by atoms with Gasteiger partial charge in [-0.2, -0.15) is 0 Å². The van der Waals surface area contributed by atoms with E-state index in [1.165, 1.54) is 34.8 Å². The quantitative estimate of drug-likeness (QED) is 0.104. The molecule has 15 heteroatoms. The lowest BCUT2D eigenvalue weighted by molar-refractivity contribution is -0.384. The van der Waals surface area contributed by atoms with Gasteiger partial charge >= 0.3 is 0 Å². The Labute approximate surface area is 272 Å². The smallest absolute Gasteiger partial charge is 0.269 e. The number of anilines is 1. The molecule has 218 valence electrons. The first kappa shape index (κ1) is 29.7. The van der Waals surface area contributed by atoms with Gasteiger partial charge in [0.15, 0.2) is 11.6 Å². The molecule has 6 heterocycles. The summed E-state index contributed by atoms with van der Waals surface area (Å²) < 4.78 is 1.25. The van der Waals surface area contributed by atoms with Crippen molar-refractivity contribution >= 4 is 89.4 Å². The van der Waals surface area contributed by atoms with Crippen molar-refractivity contribution in [3.8, 4) is 23.0 Å². The Balaban J connectivity index is 0.000000173. The number of aromatic nitrogens is 6. The van der Waals surface area contributed by atoms with Gasteiger partial charge in [-0.3, -0.25) is 20.1 Å². The van der Waals surface area contributed by atoms with Crippen LogP contribution in [0.25, 0.3) is 43.5 Å². The molecule has 0 amide bonds. The molecule has 0 spiro atoms. The van der Waals surface area contributed by atoms with Gasteiger partial charge in [0.1, 0.15) is 32.0 Å². The van der Waals surface area contributed by atoms with E-state index in [2.05, 4.69) is 35.2 Å². The summed E-state index contributed by atoms with van der Waals surface area (Å²) in [4.78, 5) is 38.3.